The van der Waals surface area contributed by atoms with Crippen molar-refractivity contribution in [1.29, 1.82) is 0 Å². The monoisotopic (exact) mass is 240 g/mol. The predicted octanol–water partition coefficient (Wildman–Crippen LogP) is 4.84. The minimum absolute atomic E-state index is 0.187. The molecule has 0 rings (SSSR count). The molecule has 0 radical (unpaired) electrons. The van der Waals surface area contributed by atoms with E-state index in [1.807, 2.05) is 20.8 Å². The summed E-state index contributed by atoms with van der Waals surface area (Å²) in [5.74, 6) is 0.425. The van der Waals surface area contributed by atoms with Crippen LogP contribution in [-0.2, 0) is 9.53 Å². The average molecular weight is 240 g/mol. The second-order valence-electron chi connectivity index (χ2n) is 5.70. The number of hydrogen-bond acceptors (Lipinski definition) is 2. The highest BCUT2D eigenvalue weighted by Gasteiger charge is 2.23. The van der Waals surface area contributed by atoms with Crippen LogP contribution in [-0.4, -0.2) is 5.97 Å². The number of esters is 1. The van der Waals surface area contributed by atoms with E-state index >= 15 is 0 Å². The second kappa shape index (κ2) is 8.32. The molecule has 0 N–H and O–H groups in total. The quantitative estimate of drug-likeness (QED) is 0.345. The Labute approximate surface area is 106 Å². The van der Waals surface area contributed by atoms with E-state index in [0.29, 0.717) is 5.76 Å². The first-order valence-corrected chi connectivity index (χ1v) is 6.78. The van der Waals surface area contributed by atoms with Crippen molar-refractivity contribution >= 4 is 5.97 Å². The predicted molar refractivity (Wildman–Crippen MR) is 72.7 cm³/mol. The molecule has 2 nitrogen and oxygen atoms in total. The van der Waals surface area contributed by atoms with E-state index in [4.69, 9.17) is 4.74 Å². The van der Waals surface area contributed by atoms with Crippen LogP contribution in [0.25, 0.3) is 0 Å². The molecular weight excluding hydrogens is 212 g/mol. The van der Waals surface area contributed by atoms with Crippen molar-refractivity contribution in [3.63, 3.8) is 0 Å². The van der Waals surface area contributed by atoms with E-state index in [9.17, 15) is 4.79 Å². The van der Waals surface area contributed by atoms with E-state index in [0.717, 1.165) is 12.8 Å². The highest BCUT2D eigenvalue weighted by Crippen LogP contribution is 2.19. The molecule has 0 aliphatic carbocycles. The maximum absolute atomic E-state index is 11.6. The normalized spacial score (nSPS) is 11.3. The molecule has 2 heteroatoms. The van der Waals surface area contributed by atoms with Gasteiger partial charge in [-0.25, -0.2) is 0 Å². The van der Waals surface area contributed by atoms with Crippen LogP contribution in [0.2, 0.25) is 0 Å². The summed E-state index contributed by atoms with van der Waals surface area (Å²) in [5, 5.41) is 0. The van der Waals surface area contributed by atoms with Crippen molar-refractivity contribution in [3.05, 3.63) is 12.3 Å². The zero-order valence-corrected chi connectivity index (χ0v) is 12.0. The number of carbonyl (C=O) groups is 1. The lowest BCUT2D eigenvalue weighted by atomic mass is 9.97. The highest BCUT2D eigenvalue weighted by atomic mass is 16.5. The van der Waals surface area contributed by atoms with Crippen molar-refractivity contribution < 1.29 is 9.53 Å². The molecule has 0 amide bonds. The second-order valence-corrected chi connectivity index (χ2v) is 5.70. The third-order valence-corrected chi connectivity index (χ3v) is 2.66. The maximum atomic E-state index is 11.6. The summed E-state index contributed by atoms with van der Waals surface area (Å²) < 4.78 is 5.21. The van der Waals surface area contributed by atoms with Gasteiger partial charge in [0.05, 0.1) is 5.41 Å². The Morgan fingerprint density at radius 3 is 2.12 bits per heavy atom. The molecule has 0 saturated carbocycles. The van der Waals surface area contributed by atoms with Gasteiger partial charge >= 0.3 is 5.97 Å². The van der Waals surface area contributed by atoms with Crippen LogP contribution >= 0.6 is 0 Å². The van der Waals surface area contributed by atoms with Gasteiger partial charge in [-0.2, -0.15) is 0 Å². The van der Waals surface area contributed by atoms with E-state index in [2.05, 4.69) is 13.5 Å². The molecule has 100 valence electrons. The molecule has 0 aromatic rings. The summed E-state index contributed by atoms with van der Waals surface area (Å²) in [5.41, 5.74) is -0.440. The van der Waals surface area contributed by atoms with Gasteiger partial charge in [-0.1, -0.05) is 45.6 Å². The summed E-state index contributed by atoms with van der Waals surface area (Å²) in [6.07, 6.45) is 8.24. The molecule has 0 aromatic carbocycles. The Kier molecular flexibility index (Phi) is 7.94. The number of ether oxygens (including phenoxy) is 1. The first kappa shape index (κ1) is 16.2. The van der Waals surface area contributed by atoms with Gasteiger partial charge in [-0.3, -0.25) is 4.79 Å². The number of unbranched alkanes of at least 4 members (excludes halogenated alkanes) is 5. The minimum Gasteiger partial charge on any atom is -0.431 e. The largest absolute Gasteiger partial charge is 0.431 e. The van der Waals surface area contributed by atoms with E-state index in [-0.39, 0.29) is 5.97 Å². The van der Waals surface area contributed by atoms with Crippen LogP contribution in [0, 0.1) is 5.41 Å². The van der Waals surface area contributed by atoms with Crippen molar-refractivity contribution in [2.45, 2.75) is 72.6 Å². The summed E-state index contributed by atoms with van der Waals surface area (Å²) in [7, 11) is 0. The molecule has 0 bridgehead atoms. The fraction of sp³-hybridized carbons (Fsp3) is 0.800. The molecule has 0 unspecified atom stereocenters. The van der Waals surface area contributed by atoms with Crippen LogP contribution < -0.4 is 0 Å². The van der Waals surface area contributed by atoms with Gasteiger partial charge in [0.15, 0.2) is 0 Å². The number of rotatable bonds is 8. The average Bonchev–Trinajstić information content (AvgIpc) is 2.21. The lowest BCUT2D eigenvalue weighted by Gasteiger charge is -2.17. The van der Waals surface area contributed by atoms with Gasteiger partial charge < -0.3 is 4.74 Å². The third kappa shape index (κ3) is 8.96. The van der Waals surface area contributed by atoms with Crippen molar-refractivity contribution in [3.8, 4) is 0 Å². The van der Waals surface area contributed by atoms with Crippen LogP contribution in [0.15, 0.2) is 12.3 Å². The molecular formula is C15H28O2. The molecule has 0 heterocycles. The fourth-order valence-corrected chi connectivity index (χ4v) is 1.44. The Morgan fingerprint density at radius 1 is 1.06 bits per heavy atom. The molecule has 0 saturated heterocycles. The molecule has 17 heavy (non-hydrogen) atoms. The van der Waals surface area contributed by atoms with Crippen LogP contribution in [0.4, 0.5) is 0 Å². The van der Waals surface area contributed by atoms with Gasteiger partial charge in [-0.15, -0.1) is 0 Å². The first-order valence-electron chi connectivity index (χ1n) is 6.78. The lowest BCUT2D eigenvalue weighted by Crippen LogP contribution is -2.22. The molecule has 0 aliphatic rings. The van der Waals surface area contributed by atoms with Gasteiger partial charge in [-0.05, 0) is 27.2 Å². The van der Waals surface area contributed by atoms with E-state index in [1.165, 1.54) is 32.1 Å². The van der Waals surface area contributed by atoms with Gasteiger partial charge in [0.2, 0.25) is 0 Å². The van der Waals surface area contributed by atoms with Gasteiger partial charge in [0, 0.05) is 6.42 Å². The Bertz CT molecular complexity index is 236. The SMILES string of the molecule is C=C(CCCCCCCC)OC(=O)C(C)(C)C. The van der Waals surface area contributed by atoms with Crippen molar-refractivity contribution in [1.82, 2.24) is 0 Å². The first-order chi connectivity index (χ1) is 7.88. The van der Waals surface area contributed by atoms with E-state index in [1.54, 1.807) is 0 Å². The standard InChI is InChI=1S/C15H28O2/c1-6-7-8-9-10-11-12-13(2)17-14(16)15(3,4)5/h2,6-12H2,1,3-5H3. The topological polar surface area (TPSA) is 26.3 Å². The number of allylic oxidation sites excluding steroid dienone is 1. The minimum atomic E-state index is -0.440. The molecule has 0 aromatic heterocycles. The smallest absolute Gasteiger partial charge is 0.316 e. The Hall–Kier alpha value is -0.790. The fourth-order valence-electron chi connectivity index (χ4n) is 1.44. The van der Waals surface area contributed by atoms with Crippen molar-refractivity contribution in [2.24, 2.45) is 5.41 Å². The van der Waals surface area contributed by atoms with Gasteiger partial charge in [0.1, 0.15) is 5.76 Å². The zero-order chi connectivity index (χ0) is 13.3. The highest BCUT2D eigenvalue weighted by molar-refractivity contribution is 5.76. The zero-order valence-electron chi connectivity index (χ0n) is 12.0. The van der Waals surface area contributed by atoms with Crippen molar-refractivity contribution in [2.75, 3.05) is 0 Å². The van der Waals surface area contributed by atoms with Gasteiger partial charge in [0.25, 0.3) is 0 Å². The van der Waals surface area contributed by atoms with Crippen LogP contribution in [0.5, 0.6) is 0 Å². The summed E-state index contributed by atoms with van der Waals surface area (Å²) >= 11 is 0. The third-order valence-electron chi connectivity index (χ3n) is 2.66. The maximum Gasteiger partial charge on any atom is 0.316 e. The number of hydrogen-bond donors (Lipinski definition) is 0. The summed E-state index contributed by atoms with van der Waals surface area (Å²) in [6.45, 7) is 11.6. The van der Waals surface area contributed by atoms with E-state index < -0.39 is 5.41 Å². The van der Waals surface area contributed by atoms with Crippen LogP contribution in [0.1, 0.15) is 72.6 Å². The van der Waals surface area contributed by atoms with Crippen LogP contribution in [0.3, 0.4) is 0 Å². The summed E-state index contributed by atoms with van der Waals surface area (Å²) in [6, 6.07) is 0. The summed E-state index contributed by atoms with van der Waals surface area (Å²) in [4.78, 5) is 11.6. The Balaban J connectivity index is 3.57. The number of carbonyl (C=O) groups excluding carboxylic acids is 1. The Morgan fingerprint density at radius 2 is 1.59 bits per heavy atom. The molecule has 0 spiro atoms. The lowest BCUT2D eigenvalue weighted by molar-refractivity contribution is -0.148. The molecule has 0 aliphatic heterocycles. The molecule has 0 fully saturated rings. The molecule has 0 atom stereocenters.